The van der Waals surface area contributed by atoms with E-state index in [1.807, 2.05) is 6.08 Å². The lowest BCUT2D eigenvalue weighted by Crippen LogP contribution is -2.34. The van der Waals surface area contributed by atoms with Gasteiger partial charge in [0.1, 0.15) is 18.9 Å². The zero-order chi connectivity index (χ0) is 36.9. The third kappa shape index (κ3) is 19.2. The fraction of sp³-hybridized carbons (Fsp3) is 0.514. The quantitative estimate of drug-likeness (QED) is 0.0378. The fourth-order valence-electron chi connectivity index (χ4n) is 4.76. The zero-order valence-electron chi connectivity index (χ0n) is 29.8. The van der Waals surface area contributed by atoms with Gasteiger partial charge in [-0.1, -0.05) is 85.0 Å². The summed E-state index contributed by atoms with van der Waals surface area (Å²) in [6.45, 7) is 4.50. The van der Waals surface area contributed by atoms with Crippen molar-refractivity contribution in [2.75, 3.05) is 32.9 Å². The molecule has 3 atom stereocenters. The number of rotatable bonds is 24. The number of ether oxygens (including phenoxy) is 3. The molecule has 0 bridgehead atoms. The number of H-pyrrole nitrogens is 1. The van der Waals surface area contributed by atoms with Crippen LogP contribution in [0.5, 0.6) is 0 Å². The summed E-state index contributed by atoms with van der Waals surface area (Å²) >= 11 is 0. The van der Waals surface area contributed by atoms with Crippen LogP contribution in [0.2, 0.25) is 0 Å². The van der Waals surface area contributed by atoms with E-state index in [0.29, 0.717) is 24.9 Å². The highest BCUT2D eigenvalue weighted by molar-refractivity contribution is 5.75. The van der Waals surface area contributed by atoms with Gasteiger partial charge in [0.25, 0.3) is 5.56 Å². The smallest absolute Gasteiger partial charge is 0.407 e. The summed E-state index contributed by atoms with van der Waals surface area (Å²) in [5, 5.41) is 9.05. The summed E-state index contributed by atoms with van der Waals surface area (Å²) in [5.74, 6) is -0.0594. The second kappa shape index (κ2) is 26.9. The van der Waals surface area contributed by atoms with Gasteiger partial charge in [-0.15, -0.1) is 0 Å². The van der Waals surface area contributed by atoms with Gasteiger partial charge in [-0.2, -0.15) is 0 Å². The van der Waals surface area contributed by atoms with Crippen LogP contribution in [0, 0.1) is 6.92 Å². The third-order valence-corrected chi connectivity index (χ3v) is 7.46. The first-order valence-electron chi connectivity index (χ1n) is 17.5. The lowest BCUT2D eigenvalue weighted by atomic mass is 10.1. The van der Waals surface area contributed by atoms with Crippen LogP contribution >= 0.6 is 0 Å². The molecular formula is C37H53N7O7. The highest BCUT2D eigenvalue weighted by atomic mass is 16.6. The highest BCUT2D eigenvalue weighted by Gasteiger charge is 2.37. The average Bonchev–Trinajstić information content (AvgIpc) is 3.51. The van der Waals surface area contributed by atoms with Crippen molar-refractivity contribution >= 4 is 12.0 Å². The third-order valence-electron chi connectivity index (χ3n) is 7.46. The standard InChI is InChI=1S/C37H53N7O7/c1-3-4-5-6-7-8-9-10-11-12-13-14-15-16-17-18-19-20-21-22-33(45)39-23-25-49-26-24-40-37(48)50-29-32-31(42-43-38)27-34(51-32)44-28-30(2)35(46)41-36(44)47/h4-5,7-8,10-11,13-14,16-17,19-20,28,31-32,34H,3,6,9,12,15,18,21-27,29H2,1-2H3,(H,39,45)(H,40,48)(H,41,46,47)/b5-4-,8-7-,11-10-,14-13-,17-16-,20-19-/t31-,32+,34-/m0/s1. The van der Waals surface area contributed by atoms with Crippen molar-refractivity contribution in [3.63, 3.8) is 0 Å². The maximum atomic E-state index is 12.2. The van der Waals surface area contributed by atoms with Crippen LogP contribution in [0.15, 0.2) is 93.8 Å². The summed E-state index contributed by atoms with van der Waals surface area (Å²) < 4.78 is 17.7. The molecule has 1 aliphatic heterocycles. The second-order valence-corrected chi connectivity index (χ2v) is 11.6. The van der Waals surface area contributed by atoms with Crippen molar-refractivity contribution in [1.82, 2.24) is 20.2 Å². The number of azide groups is 1. The SMILES string of the molecule is CC/C=C\C/C=C\C/C=C\C/C=C\C/C=C\C/C=C\CCC(=O)NCCOCCNC(=O)OC[C@H]1O[C@H](n2cc(C)c(=O)[nH]c2=O)C[C@@H]1N=[N+]=[N-]. The minimum absolute atomic E-state index is 0.0594. The Kier molecular flexibility index (Phi) is 22.3. The minimum Gasteiger partial charge on any atom is -0.447 e. The maximum Gasteiger partial charge on any atom is 0.407 e. The number of hydrogen-bond donors (Lipinski definition) is 3. The van der Waals surface area contributed by atoms with E-state index in [4.69, 9.17) is 19.7 Å². The van der Waals surface area contributed by atoms with Crippen LogP contribution in [0.25, 0.3) is 10.4 Å². The largest absolute Gasteiger partial charge is 0.447 e. The number of carbonyl (C=O) groups excluding carboxylic acids is 2. The number of aromatic amines is 1. The Morgan fingerprint density at radius 1 is 0.941 bits per heavy atom. The monoisotopic (exact) mass is 707 g/mol. The van der Waals surface area contributed by atoms with Gasteiger partial charge in [0.05, 0.1) is 19.3 Å². The number of carbonyl (C=O) groups is 2. The van der Waals surface area contributed by atoms with Crippen molar-refractivity contribution in [2.24, 2.45) is 5.11 Å². The van der Waals surface area contributed by atoms with Gasteiger partial charge in [-0.25, -0.2) is 9.59 Å². The highest BCUT2D eigenvalue weighted by Crippen LogP contribution is 2.30. The molecule has 1 aliphatic rings. The van der Waals surface area contributed by atoms with Crippen LogP contribution in [-0.2, 0) is 19.0 Å². The van der Waals surface area contributed by atoms with E-state index >= 15 is 0 Å². The summed E-state index contributed by atoms with van der Waals surface area (Å²) in [4.78, 5) is 53.0. The number of amides is 2. The molecule has 3 N–H and O–H groups in total. The first kappa shape index (κ1) is 42.3. The van der Waals surface area contributed by atoms with Crippen molar-refractivity contribution in [3.8, 4) is 0 Å². The molecule has 14 heteroatoms. The average molecular weight is 708 g/mol. The number of allylic oxidation sites excluding steroid dienone is 12. The van der Waals surface area contributed by atoms with Crippen LogP contribution in [0.4, 0.5) is 4.79 Å². The van der Waals surface area contributed by atoms with E-state index in [2.05, 4.69) is 99.4 Å². The van der Waals surface area contributed by atoms with Crippen LogP contribution in [0.3, 0.4) is 0 Å². The van der Waals surface area contributed by atoms with E-state index in [1.165, 1.54) is 10.8 Å². The molecule has 2 rings (SSSR count). The Morgan fingerprint density at radius 2 is 1.51 bits per heavy atom. The second-order valence-electron chi connectivity index (χ2n) is 11.6. The Balaban J connectivity index is 1.46. The zero-order valence-corrected chi connectivity index (χ0v) is 29.8. The Labute approximate surface area is 299 Å². The van der Waals surface area contributed by atoms with Crippen LogP contribution in [-0.4, -0.2) is 66.6 Å². The summed E-state index contributed by atoms with van der Waals surface area (Å²) in [6, 6.07) is -0.684. The van der Waals surface area contributed by atoms with E-state index in [1.54, 1.807) is 6.92 Å². The number of alkyl carbamates (subject to hydrolysis) is 1. The van der Waals surface area contributed by atoms with Crippen molar-refractivity contribution in [3.05, 3.63) is 116 Å². The molecule has 0 aliphatic carbocycles. The fourth-order valence-corrected chi connectivity index (χ4v) is 4.76. The van der Waals surface area contributed by atoms with Gasteiger partial charge in [-0.3, -0.25) is 19.1 Å². The predicted octanol–water partition coefficient (Wildman–Crippen LogP) is 6.15. The summed E-state index contributed by atoms with van der Waals surface area (Å²) in [5.41, 5.74) is 8.07. The molecule has 1 aromatic heterocycles. The molecule has 2 heterocycles. The van der Waals surface area contributed by atoms with Gasteiger partial charge in [0.2, 0.25) is 5.91 Å². The van der Waals surface area contributed by atoms with Crippen LogP contribution < -0.4 is 21.9 Å². The Bertz CT molecular complexity index is 1530. The normalized spacial score (nSPS) is 17.8. The molecule has 0 unspecified atom stereocenters. The summed E-state index contributed by atoms with van der Waals surface area (Å²) in [6.07, 6.45) is 31.8. The number of aryl methyl sites for hydroxylation is 1. The first-order valence-corrected chi connectivity index (χ1v) is 17.5. The van der Waals surface area contributed by atoms with Gasteiger partial charge in [0, 0.05) is 42.6 Å². The Hall–Kier alpha value is -4.91. The molecule has 0 saturated carbocycles. The first-order chi connectivity index (χ1) is 24.8. The number of nitrogens with zero attached hydrogens (tertiary/aromatic N) is 4. The van der Waals surface area contributed by atoms with E-state index < -0.39 is 35.7 Å². The van der Waals surface area contributed by atoms with Crippen molar-refractivity contribution in [1.29, 1.82) is 0 Å². The molecule has 0 spiro atoms. The van der Waals surface area contributed by atoms with Crippen molar-refractivity contribution in [2.45, 2.75) is 90.0 Å². The predicted molar refractivity (Wildman–Crippen MR) is 198 cm³/mol. The minimum atomic E-state index is -0.800. The van der Waals surface area contributed by atoms with E-state index in [9.17, 15) is 19.2 Å². The molecule has 0 aromatic carbocycles. The molecule has 278 valence electrons. The lowest BCUT2D eigenvalue weighted by Gasteiger charge is -2.17. The molecular weight excluding hydrogens is 654 g/mol. The van der Waals surface area contributed by atoms with E-state index in [0.717, 1.165) is 38.5 Å². The lowest BCUT2D eigenvalue weighted by molar-refractivity contribution is -0.121. The topological polar surface area (TPSA) is 190 Å². The van der Waals surface area contributed by atoms with Gasteiger partial charge in [-0.05, 0) is 57.4 Å². The van der Waals surface area contributed by atoms with Gasteiger partial charge >= 0.3 is 11.8 Å². The molecule has 1 fully saturated rings. The van der Waals surface area contributed by atoms with Crippen LogP contribution in [0.1, 0.15) is 76.5 Å². The Morgan fingerprint density at radius 3 is 2.10 bits per heavy atom. The maximum absolute atomic E-state index is 12.2. The summed E-state index contributed by atoms with van der Waals surface area (Å²) in [7, 11) is 0. The number of aromatic nitrogens is 2. The molecule has 0 radical (unpaired) electrons. The molecule has 2 amide bonds. The van der Waals surface area contributed by atoms with Crippen molar-refractivity contribution < 1.29 is 23.8 Å². The number of nitrogens with one attached hydrogen (secondary N) is 3. The van der Waals surface area contributed by atoms with E-state index in [-0.39, 0.29) is 38.7 Å². The number of hydrogen-bond acceptors (Lipinski definition) is 8. The van der Waals surface area contributed by atoms with Gasteiger partial charge in [0.15, 0.2) is 0 Å². The molecule has 1 aromatic rings. The van der Waals surface area contributed by atoms with Gasteiger partial charge < -0.3 is 24.8 Å². The molecule has 51 heavy (non-hydrogen) atoms. The molecule has 14 nitrogen and oxygen atoms in total. The molecule has 1 saturated heterocycles.